The van der Waals surface area contributed by atoms with E-state index in [1.165, 1.54) is 0 Å². The molecule has 0 atom stereocenters. The number of hydrogen-bond acceptors (Lipinski definition) is 6. The molecule has 2 aromatic heterocycles. The zero-order valence-corrected chi connectivity index (χ0v) is 17.1. The molecule has 0 amide bonds. The SMILES string of the molecule is O=S(=O)(Cc1ccc(Cl)cc1)c1nc2ccccc2nc1NCc1cccs1. The van der Waals surface area contributed by atoms with Gasteiger partial charge in [0.2, 0.25) is 9.84 Å². The Balaban J connectivity index is 1.74. The lowest BCUT2D eigenvalue weighted by atomic mass is 10.2. The Kier molecular flexibility index (Phi) is 5.30. The van der Waals surface area contributed by atoms with Gasteiger partial charge in [0.1, 0.15) is 0 Å². The van der Waals surface area contributed by atoms with Gasteiger partial charge in [-0.15, -0.1) is 11.3 Å². The maximum absolute atomic E-state index is 13.1. The summed E-state index contributed by atoms with van der Waals surface area (Å²) < 4.78 is 26.3. The van der Waals surface area contributed by atoms with E-state index < -0.39 is 9.84 Å². The Labute approximate surface area is 172 Å². The first-order valence-corrected chi connectivity index (χ1v) is 11.4. The highest BCUT2D eigenvalue weighted by Crippen LogP contribution is 2.25. The van der Waals surface area contributed by atoms with E-state index in [0.29, 0.717) is 28.2 Å². The number of thiophene rings is 1. The van der Waals surface area contributed by atoms with E-state index in [2.05, 4.69) is 15.3 Å². The molecule has 28 heavy (non-hydrogen) atoms. The van der Waals surface area contributed by atoms with Gasteiger partial charge in [0.25, 0.3) is 0 Å². The molecule has 4 rings (SSSR count). The normalized spacial score (nSPS) is 11.6. The van der Waals surface area contributed by atoms with Crippen LogP contribution in [0.1, 0.15) is 10.4 Å². The molecule has 0 saturated carbocycles. The molecule has 2 heterocycles. The lowest BCUT2D eigenvalue weighted by molar-refractivity contribution is 0.592. The number of nitrogens with zero attached hydrogens (tertiary/aromatic N) is 2. The predicted octanol–water partition coefficient (Wildman–Crippen LogP) is 4.93. The molecule has 0 aliphatic rings. The molecular formula is C20H16ClN3O2S2. The van der Waals surface area contributed by atoms with Crippen LogP contribution in [0.25, 0.3) is 11.0 Å². The van der Waals surface area contributed by atoms with Gasteiger partial charge in [-0.2, -0.15) is 0 Å². The Morgan fingerprint density at radius 2 is 1.64 bits per heavy atom. The van der Waals surface area contributed by atoms with E-state index in [1.54, 1.807) is 41.7 Å². The second-order valence-electron chi connectivity index (χ2n) is 6.18. The molecule has 8 heteroatoms. The van der Waals surface area contributed by atoms with Gasteiger partial charge >= 0.3 is 0 Å². The zero-order valence-electron chi connectivity index (χ0n) is 14.7. The van der Waals surface area contributed by atoms with E-state index in [4.69, 9.17) is 11.6 Å². The fourth-order valence-electron chi connectivity index (χ4n) is 2.77. The predicted molar refractivity (Wildman–Crippen MR) is 114 cm³/mol. The molecule has 0 spiro atoms. The first-order chi connectivity index (χ1) is 13.5. The maximum Gasteiger partial charge on any atom is 0.203 e. The minimum absolute atomic E-state index is 0.0438. The van der Waals surface area contributed by atoms with Crippen LogP contribution >= 0.6 is 22.9 Å². The van der Waals surface area contributed by atoms with Crippen LogP contribution in [0, 0.1) is 0 Å². The minimum atomic E-state index is -3.72. The Bertz CT molecular complexity index is 1210. The van der Waals surface area contributed by atoms with Crippen LogP contribution in [0.4, 0.5) is 5.82 Å². The fourth-order valence-corrected chi connectivity index (χ4v) is 4.96. The number of hydrogen-bond donors (Lipinski definition) is 1. The maximum atomic E-state index is 13.1. The van der Waals surface area contributed by atoms with Crippen molar-refractivity contribution in [2.24, 2.45) is 0 Å². The van der Waals surface area contributed by atoms with E-state index >= 15 is 0 Å². The highest BCUT2D eigenvalue weighted by molar-refractivity contribution is 7.90. The zero-order chi connectivity index (χ0) is 19.6. The fraction of sp³-hybridized carbons (Fsp3) is 0.100. The van der Waals surface area contributed by atoms with Crippen LogP contribution in [0.15, 0.2) is 71.1 Å². The smallest absolute Gasteiger partial charge is 0.203 e. The molecular weight excluding hydrogens is 414 g/mol. The molecule has 1 N–H and O–H groups in total. The molecule has 2 aromatic carbocycles. The molecule has 0 bridgehead atoms. The lowest BCUT2D eigenvalue weighted by Crippen LogP contribution is -2.13. The second kappa shape index (κ2) is 7.87. The number of aromatic nitrogens is 2. The van der Waals surface area contributed by atoms with Crippen molar-refractivity contribution < 1.29 is 8.42 Å². The lowest BCUT2D eigenvalue weighted by Gasteiger charge is -2.12. The van der Waals surface area contributed by atoms with Gasteiger partial charge in [-0.3, -0.25) is 0 Å². The standard InChI is InChI=1S/C20H16ClN3O2S2/c21-15-9-7-14(8-10-15)13-28(25,26)20-19(22-12-16-4-3-11-27-16)23-17-5-1-2-6-18(17)24-20/h1-11H,12-13H2,(H,22,23). The molecule has 0 radical (unpaired) electrons. The van der Waals surface area contributed by atoms with Crippen LogP contribution in [0.5, 0.6) is 0 Å². The largest absolute Gasteiger partial charge is 0.363 e. The molecule has 0 unspecified atom stereocenters. The molecule has 5 nitrogen and oxygen atoms in total. The molecule has 4 aromatic rings. The number of nitrogens with one attached hydrogen (secondary N) is 1. The number of benzene rings is 2. The van der Waals surface area contributed by atoms with Crippen LogP contribution in [0.2, 0.25) is 5.02 Å². The van der Waals surface area contributed by atoms with Gasteiger partial charge in [0, 0.05) is 9.90 Å². The molecule has 0 saturated heterocycles. The van der Waals surface area contributed by atoms with Crippen molar-refractivity contribution in [1.82, 2.24) is 9.97 Å². The van der Waals surface area contributed by atoms with Crippen molar-refractivity contribution in [2.75, 3.05) is 5.32 Å². The number of anilines is 1. The summed E-state index contributed by atoms with van der Waals surface area (Å²) >= 11 is 7.49. The first kappa shape index (κ1) is 18.9. The summed E-state index contributed by atoms with van der Waals surface area (Å²) in [4.78, 5) is 10.0. The molecule has 142 valence electrons. The van der Waals surface area contributed by atoms with Crippen molar-refractivity contribution in [3.05, 3.63) is 81.5 Å². The summed E-state index contributed by atoms with van der Waals surface area (Å²) in [7, 11) is -3.72. The quantitative estimate of drug-likeness (QED) is 0.470. The highest BCUT2D eigenvalue weighted by atomic mass is 35.5. The summed E-state index contributed by atoms with van der Waals surface area (Å²) in [5.74, 6) is 0.0892. The average molecular weight is 430 g/mol. The number of rotatable bonds is 6. The van der Waals surface area contributed by atoms with E-state index in [9.17, 15) is 8.42 Å². The van der Waals surface area contributed by atoms with Gasteiger partial charge in [0.15, 0.2) is 10.8 Å². The average Bonchev–Trinajstić information content (AvgIpc) is 3.21. The van der Waals surface area contributed by atoms with Crippen LogP contribution < -0.4 is 5.32 Å². The third kappa shape index (κ3) is 4.16. The third-order valence-corrected chi connectivity index (χ3v) is 6.83. The van der Waals surface area contributed by atoms with E-state index in [0.717, 1.165) is 4.88 Å². The van der Waals surface area contributed by atoms with Crippen molar-refractivity contribution in [1.29, 1.82) is 0 Å². The van der Waals surface area contributed by atoms with Gasteiger partial charge in [-0.05, 0) is 41.3 Å². The Hall–Kier alpha value is -2.48. The van der Waals surface area contributed by atoms with Crippen molar-refractivity contribution >= 4 is 49.6 Å². The number of para-hydroxylation sites is 2. The summed E-state index contributed by atoms with van der Waals surface area (Å²) in [6.07, 6.45) is 0. The van der Waals surface area contributed by atoms with Crippen molar-refractivity contribution in [3.63, 3.8) is 0 Å². The van der Waals surface area contributed by atoms with Crippen molar-refractivity contribution in [2.45, 2.75) is 17.3 Å². The van der Waals surface area contributed by atoms with Crippen LogP contribution in [0.3, 0.4) is 0 Å². The van der Waals surface area contributed by atoms with Gasteiger partial charge < -0.3 is 5.32 Å². The Morgan fingerprint density at radius 3 is 2.32 bits per heavy atom. The highest BCUT2D eigenvalue weighted by Gasteiger charge is 2.23. The molecule has 0 aliphatic heterocycles. The van der Waals surface area contributed by atoms with E-state index in [-0.39, 0.29) is 16.6 Å². The number of halogens is 1. The van der Waals surface area contributed by atoms with Gasteiger partial charge in [-0.25, -0.2) is 18.4 Å². The van der Waals surface area contributed by atoms with Crippen LogP contribution in [-0.4, -0.2) is 18.4 Å². The van der Waals surface area contributed by atoms with E-state index in [1.807, 2.05) is 35.7 Å². The summed E-state index contributed by atoms with van der Waals surface area (Å²) in [5.41, 5.74) is 1.82. The number of fused-ring (bicyclic) bond motifs is 1. The Morgan fingerprint density at radius 1 is 0.929 bits per heavy atom. The molecule has 0 aliphatic carbocycles. The third-order valence-electron chi connectivity index (χ3n) is 4.11. The summed E-state index contributed by atoms with van der Waals surface area (Å²) in [6.45, 7) is 0.480. The van der Waals surface area contributed by atoms with Crippen LogP contribution in [-0.2, 0) is 22.1 Å². The topological polar surface area (TPSA) is 72.0 Å². The monoisotopic (exact) mass is 429 g/mol. The molecule has 0 fully saturated rings. The van der Waals surface area contributed by atoms with Gasteiger partial charge in [-0.1, -0.05) is 41.9 Å². The second-order valence-corrected chi connectivity index (χ2v) is 9.56. The van der Waals surface area contributed by atoms with Crippen molar-refractivity contribution in [3.8, 4) is 0 Å². The first-order valence-electron chi connectivity index (χ1n) is 8.51. The number of sulfone groups is 1. The summed E-state index contributed by atoms with van der Waals surface area (Å²) in [6, 6.07) is 17.9. The van der Waals surface area contributed by atoms with Gasteiger partial charge in [0.05, 0.1) is 23.3 Å². The summed E-state index contributed by atoms with van der Waals surface area (Å²) in [5, 5.41) is 5.64. The minimum Gasteiger partial charge on any atom is -0.363 e.